The molecule has 2 nitrogen and oxygen atoms in total. The summed E-state index contributed by atoms with van der Waals surface area (Å²) >= 11 is 12.0. The van der Waals surface area contributed by atoms with Crippen LogP contribution in [0.5, 0.6) is 0 Å². The molecule has 0 heterocycles. The lowest BCUT2D eigenvalue weighted by Gasteiger charge is -2.21. The van der Waals surface area contributed by atoms with Gasteiger partial charge in [0.25, 0.3) is 0 Å². The van der Waals surface area contributed by atoms with Crippen molar-refractivity contribution in [3.05, 3.63) is 69.2 Å². The molecule has 0 radical (unpaired) electrons. The molecule has 0 aliphatic carbocycles. The fourth-order valence-corrected chi connectivity index (χ4v) is 2.50. The highest BCUT2D eigenvalue weighted by molar-refractivity contribution is 6.42. The molecule has 0 saturated carbocycles. The van der Waals surface area contributed by atoms with Gasteiger partial charge in [-0.1, -0.05) is 41.4 Å². The van der Waals surface area contributed by atoms with Gasteiger partial charge < -0.3 is 5.32 Å². The van der Waals surface area contributed by atoms with Gasteiger partial charge in [0, 0.05) is 12.1 Å². The summed E-state index contributed by atoms with van der Waals surface area (Å²) in [5, 5.41) is 13.5. The minimum Gasteiger partial charge on any atom is -0.304 e. The van der Waals surface area contributed by atoms with Gasteiger partial charge in [-0.15, -0.1) is 0 Å². The molecule has 0 fully saturated rings. The van der Waals surface area contributed by atoms with E-state index in [2.05, 4.69) is 25.2 Å². The summed E-state index contributed by atoms with van der Waals surface area (Å²) in [6, 6.07) is 15.7. The molecular formula is C17H16Cl2N2. The van der Waals surface area contributed by atoms with Gasteiger partial charge in [-0.05, 0) is 49.2 Å². The number of nitriles is 1. The van der Waals surface area contributed by atoms with Crippen LogP contribution in [-0.2, 0) is 0 Å². The number of rotatable bonds is 4. The molecule has 0 aliphatic heterocycles. The van der Waals surface area contributed by atoms with Crippen LogP contribution in [0, 0.1) is 11.3 Å². The number of hydrogen-bond acceptors (Lipinski definition) is 2. The van der Waals surface area contributed by atoms with E-state index in [0.29, 0.717) is 15.6 Å². The van der Waals surface area contributed by atoms with Gasteiger partial charge in [0.1, 0.15) is 0 Å². The zero-order chi connectivity index (χ0) is 15.4. The smallest absolute Gasteiger partial charge is 0.0991 e. The SMILES string of the molecule is CC(NC(C)c1ccc(Cl)c(Cl)c1)c1ccc(C#N)cc1. The molecule has 2 aromatic rings. The van der Waals surface area contributed by atoms with Crippen molar-refractivity contribution in [1.29, 1.82) is 5.26 Å². The molecular weight excluding hydrogens is 303 g/mol. The topological polar surface area (TPSA) is 35.8 Å². The number of halogens is 2. The van der Waals surface area contributed by atoms with Gasteiger partial charge in [0.15, 0.2) is 0 Å². The monoisotopic (exact) mass is 318 g/mol. The van der Waals surface area contributed by atoms with Crippen molar-refractivity contribution in [1.82, 2.24) is 5.32 Å². The van der Waals surface area contributed by atoms with E-state index >= 15 is 0 Å². The molecule has 0 spiro atoms. The molecule has 2 unspecified atom stereocenters. The van der Waals surface area contributed by atoms with E-state index in [1.807, 2.05) is 42.5 Å². The van der Waals surface area contributed by atoms with E-state index < -0.39 is 0 Å². The maximum Gasteiger partial charge on any atom is 0.0991 e. The molecule has 0 bridgehead atoms. The maximum absolute atomic E-state index is 8.82. The molecule has 4 heteroatoms. The summed E-state index contributed by atoms with van der Waals surface area (Å²) in [6.07, 6.45) is 0. The summed E-state index contributed by atoms with van der Waals surface area (Å²) < 4.78 is 0. The summed E-state index contributed by atoms with van der Waals surface area (Å²) in [5.74, 6) is 0. The van der Waals surface area contributed by atoms with Crippen LogP contribution >= 0.6 is 23.2 Å². The average molecular weight is 319 g/mol. The Bertz CT molecular complexity index is 659. The third-order valence-corrected chi connectivity index (χ3v) is 4.22. The Balaban J connectivity index is 2.08. The first kappa shape index (κ1) is 15.9. The van der Waals surface area contributed by atoms with Crippen LogP contribution in [0.3, 0.4) is 0 Å². The van der Waals surface area contributed by atoms with Crippen LogP contribution in [0.25, 0.3) is 0 Å². The lowest BCUT2D eigenvalue weighted by Crippen LogP contribution is -2.22. The Morgan fingerprint density at radius 2 is 1.48 bits per heavy atom. The van der Waals surface area contributed by atoms with Crippen molar-refractivity contribution in [2.24, 2.45) is 0 Å². The van der Waals surface area contributed by atoms with Crippen molar-refractivity contribution < 1.29 is 0 Å². The van der Waals surface area contributed by atoms with Crippen molar-refractivity contribution in [2.75, 3.05) is 0 Å². The minimum atomic E-state index is 0.144. The molecule has 2 rings (SSSR count). The predicted molar refractivity (Wildman–Crippen MR) is 87.6 cm³/mol. The first-order valence-corrected chi connectivity index (χ1v) is 7.48. The van der Waals surface area contributed by atoms with Crippen molar-refractivity contribution in [2.45, 2.75) is 25.9 Å². The van der Waals surface area contributed by atoms with Gasteiger partial charge >= 0.3 is 0 Å². The second-order valence-electron chi connectivity index (χ2n) is 5.02. The summed E-state index contributed by atoms with van der Waals surface area (Å²) in [6.45, 7) is 4.18. The van der Waals surface area contributed by atoms with Crippen molar-refractivity contribution >= 4 is 23.2 Å². The molecule has 0 saturated heterocycles. The number of nitrogens with one attached hydrogen (secondary N) is 1. The van der Waals surface area contributed by atoms with Gasteiger partial charge in [-0.2, -0.15) is 5.26 Å². The molecule has 2 atom stereocenters. The van der Waals surface area contributed by atoms with Crippen LogP contribution < -0.4 is 5.32 Å². The van der Waals surface area contributed by atoms with Crippen LogP contribution in [0.15, 0.2) is 42.5 Å². The lowest BCUT2D eigenvalue weighted by molar-refractivity contribution is 0.495. The first-order chi connectivity index (χ1) is 10.0. The molecule has 0 aromatic heterocycles. The van der Waals surface area contributed by atoms with Crippen molar-refractivity contribution in [3.63, 3.8) is 0 Å². The minimum absolute atomic E-state index is 0.144. The zero-order valence-corrected chi connectivity index (χ0v) is 13.4. The first-order valence-electron chi connectivity index (χ1n) is 6.72. The molecule has 108 valence electrons. The number of nitrogens with zero attached hydrogens (tertiary/aromatic N) is 1. The summed E-state index contributed by atoms with van der Waals surface area (Å²) in [4.78, 5) is 0. The van der Waals surface area contributed by atoms with Gasteiger partial charge in [-0.25, -0.2) is 0 Å². The predicted octanol–water partition coefficient (Wildman–Crippen LogP) is 5.28. The Labute approximate surface area is 135 Å². The fourth-order valence-electron chi connectivity index (χ4n) is 2.20. The second kappa shape index (κ2) is 6.95. The largest absolute Gasteiger partial charge is 0.304 e. The Kier molecular flexibility index (Phi) is 5.25. The quantitative estimate of drug-likeness (QED) is 0.832. The van der Waals surface area contributed by atoms with E-state index in [0.717, 1.165) is 11.1 Å². The number of hydrogen-bond donors (Lipinski definition) is 1. The highest BCUT2D eigenvalue weighted by atomic mass is 35.5. The van der Waals surface area contributed by atoms with Gasteiger partial charge in [-0.3, -0.25) is 0 Å². The van der Waals surface area contributed by atoms with E-state index in [-0.39, 0.29) is 12.1 Å². The third-order valence-electron chi connectivity index (χ3n) is 3.48. The summed E-state index contributed by atoms with van der Waals surface area (Å²) in [5.41, 5.74) is 2.90. The van der Waals surface area contributed by atoms with Crippen molar-refractivity contribution in [3.8, 4) is 6.07 Å². The zero-order valence-electron chi connectivity index (χ0n) is 11.9. The normalized spacial score (nSPS) is 13.5. The highest BCUT2D eigenvalue weighted by Crippen LogP contribution is 2.27. The molecule has 0 aliphatic rings. The van der Waals surface area contributed by atoms with E-state index in [1.54, 1.807) is 0 Å². The molecule has 2 aromatic carbocycles. The highest BCUT2D eigenvalue weighted by Gasteiger charge is 2.12. The second-order valence-corrected chi connectivity index (χ2v) is 5.83. The van der Waals surface area contributed by atoms with Crippen LogP contribution in [0.4, 0.5) is 0 Å². The molecule has 21 heavy (non-hydrogen) atoms. The lowest BCUT2D eigenvalue weighted by atomic mass is 10.0. The van der Waals surface area contributed by atoms with Crippen LogP contribution in [-0.4, -0.2) is 0 Å². The Hall–Kier alpha value is -1.53. The van der Waals surface area contributed by atoms with E-state index in [1.165, 1.54) is 0 Å². The van der Waals surface area contributed by atoms with E-state index in [9.17, 15) is 0 Å². The van der Waals surface area contributed by atoms with E-state index in [4.69, 9.17) is 28.5 Å². The standard InChI is InChI=1S/C17H16Cl2N2/c1-11(14-5-3-13(10-20)4-6-14)21-12(2)15-7-8-16(18)17(19)9-15/h3-9,11-12,21H,1-2H3. The number of benzene rings is 2. The fraction of sp³-hybridized carbons (Fsp3) is 0.235. The average Bonchev–Trinajstić information content (AvgIpc) is 2.50. The Morgan fingerprint density at radius 3 is 2.05 bits per heavy atom. The Morgan fingerprint density at radius 1 is 0.905 bits per heavy atom. The summed E-state index contributed by atoms with van der Waals surface area (Å²) in [7, 11) is 0. The molecule has 0 amide bonds. The third kappa shape index (κ3) is 3.98. The maximum atomic E-state index is 8.82. The molecule has 1 N–H and O–H groups in total. The van der Waals surface area contributed by atoms with Gasteiger partial charge in [0.2, 0.25) is 0 Å². The van der Waals surface area contributed by atoms with Gasteiger partial charge in [0.05, 0.1) is 21.7 Å². The van der Waals surface area contributed by atoms with Crippen LogP contribution in [0.2, 0.25) is 10.0 Å². The van der Waals surface area contributed by atoms with Crippen LogP contribution in [0.1, 0.15) is 42.6 Å².